The zero-order chi connectivity index (χ0) is 16.9. The molecule has 0 unspecified atom stereocenters. The molecule has 2 nitrogen and oxygen atoms in total. The van der Waals surface area contributed by atoms with Crippen LogP contribution in [0.5, 0.6) is 0 Å². The van der Waals surface area contributed by atoms with Crippen molar-refractivity contribution in [3.05, 3.63) is 64.4 Å². The highest BCUT2D eigenvalue weighted by Crippen LogP contribution is 2.28. The van der Waals surface area contributed by atoms with Crippen molar-refractivity contribution in [2.45, 2.75) is 19.3 Å². The van der Waals surface area contributed by atoms with Crippen LogP contribution in [0.4, 0.5) is 10.1 Å². The van der Waals surface area contributed by atoms with Crippen LogP contribution >= 0.6 is 11.6 Å². The van der Waals surface area contributed by atoms with Crippen molar-refractivity contribution in [2.24, 2.45) is 0 Å². The average Bonchev–Trinajstić information content (AvgIpc) is 2.61. The summed E-state index contributed by atoms with van der Waals surface area (Å²) in [6.45, 7) is 1.80. The monoisotopic (exact) mass is 340 g/mol. The highest BCUT2D eigenvalue weighted by Gasteiger charge is 2.15. The second-order valence-electron chi connectivity index (χ2n) is 5.91. The van der Waals surface area contributed by atoms with Crippen LogP contribution in [0.15, 0.2) is 42.5 Å². The number of nitrogens with zero attached hydrogens (tertiary/aromatic N) is 2. The lowest BCUT2D eigenvalue weighted by molar-refractivity contribution is 0.557. The van der Waals surface area contributed by atoms with Gasteiger partial charge >= 0.3 is 0 Å². The van der Waals surface area contributed by atoms with Gasteiger partial charge in [-0.1, -0.05) is 35.9 Å². The summed E-state index contributed by atoms with van der Waals surface area (Å²) in [6, 6.07) is 14.4. The van der Waals surface area contributed by atoms with Crippen LogP contribution in [0.3, 0.4) is 0 Å². The van der Waals surface area contributed by atoms with Crippen molar-refractivity contribution in [3.8, 4) is 6.07 Å². The van der Waals surface area contributed by atoms with Gasteiger partial charge in [-0.05, 0) is 49.1 Å². The average molecular weight is 341 g/mol. The van der Waals surface area contributed by atoms with Gasteiger partial charge in [0.05, 0.1) is 17.3 Å². The van der Waals surface area contributed by atoms with Crippen LogP contribution in [-0.4, -0.2) is 13.1 Å². The lowest BCUT2D eigenvalue weighted by Crippen LogP contribution is -2.30. The number of halogens is 2. The minimum absolute atomic E-state index is 0.248. The summed E-state index contributed by atoms with van der Waals surface area (Å²) in [4.78, 5) is 2.09. The summed E-state index contributed by atoms with van der Waals surface area (Å²) in [5.41, 5.74) is 2.38. The fourth-order valence-corrected chi connectivity index (χ4v) is 3.26. The molecule has 0 bridgehead atoms. The molecule has 2 aromatic rings. The fraction of sp³-hybridized carbons (Fsp3) is 0.250. The third-order valence-corrected chi connectivity index (χ3v) is 4.59. The van der Waals surface area contributed by atoms with E-state index in [1.165, 1.54) is 12.5 Å². The third kappa shape index (κ3) is 3.60. The van der Waals surface area contributed by atoms with E-state index in [1.807, 2.05) is 18.2 Å². The van der Waals surface area contributed by atoms with Gasteiger partial charge in [-0.25, -0.2) is 4.39 Å². The Bertz CT molecular complexity index is 802. The van der Waals surface area contributed by atoms with Gasteiger partial charge in [0.1, 0.15) is 5.82 Å². The third-order valence-electron chi connectivity index (χ3n) is 4.26. The molecule has 0 spiro atoms. The van der Waals surface area contributed by atoms with Crippen LogP contribution in [-0.2, 0) is 0 Å². The number of nitriles is 1. The van der Waals surface area contributed by atoms with Crippen LogP contribution < -0.4 is 4.90 Å². The Morgan fingerprint density at radius 1 is 1.12 bits per heavy atom. The minimum Gasteiger partial charge on any atom is -0.369 e. The summed E-state index contributed by atoms with van der Waals surface area (Å²) in [7, 11) is 0. The molecule has 0 amide bonds. The smallest absolute Gasteiger partial charge is 0.147 e. The van der Waals surface area contributed by atoms with Gasteiger partial charge in [-0.3, -0.25) is 0 Å². The number of anilines is 1. The molecule has 4 heteroatoms. The maximum Gasteiger partial charge on any atom is 0.147 e. The number of piperidine rings is 1. The van der Waals surface area contributed by atoms with Gasteiger partial charge in [0.25, 0.3) is 0 Å². The largest absolute Gasteiger partial charge is 0.369 e. The number of hydrogen-bond acceptors (Lipinski definition) is 2. The van der Waals surface area contributed by atoms with Gasteiger partial charge in [0.2, 0.25) is 0 Å². The molecule has 122 valence electrons. The molecule has 2 aromatic carbocycles. The predicted molar refractivity (Wildman–Crippen MR) is 97.4 cm³/mol. The Balaban J connectivity index is 1.91. The number of allylic oxidation sites excluding steroid dienone is 1. The lowest BCUT2D eigenvalue weighted by atomic mass is 10.0. The molecular weight excluding hydrogens is 323 g/mol. The van der Waals surface area contributed by atoms with Crippen molar-refractivity contribution in [2.75, 3.05) is 18.0 Å². The summed E-state index contributed by atoms with van der Waals surface area (Å²) in [6.07, 6.45) is 5.09. The molecule has 1 fully saturated rings. The van der Waals surface area contributed by atoms with E-state index in [2.05, 4.69) is 11.0 Å². The number of hydrogen-bond donors (Lipinski definition) is 0. The van der Waals surface area contributed by atoms with Crippen molar-refractivity contribution >= 4 is 28.9 Å². The standard InChI is InChI=1S/C20H18ClFN2/c21-18-7-3-2-6-17(18)16(14-23)12-15-8-9-20(19(22)13-15)24-10-4-1-5-11-24/h2-3,6-9,12-13H,1,4-5,10-11H2. The van der Waals surface area contributed by atoms with E-state index in [4.69, 9.17) is 11.6 Å². The maximum atomic E-state index is 14.5. The molecule has 0 aliphatic carbocycles. The molecule has 1 heterocycles. The normalized spacial score (nSPS) is 15.2. The highest BCUT2D eigenvalue weighted by atomic mass is 35.5. The molecular formula is C20H18ClFN2. The van der Waals surface area contributed by atoms with Crippen molar-refractivity contribution in [1.82, 2.24) is 0 Å². The first-order valence-electron chi connectivity index (χ1n) is 8.10. The van der Waals surface area contributed by atoms with E-state index in [-0.39, 0.29) is 5.82 Å². The molecule has 24 heavy (non-hydrogen) atoms. The molecule has 0 saturated carbocycles. The first-order chi connectivity index (χ1) is 11.7. The summed E-state index contributed by atoms with van der Waals surface area (Å²) >= 11 is 6.15. The molecule has 0 radical (unpaired) electrons. The molecule has 1 aliphatic heterocycles. The van der Waals surface area contributed by atoms with E-state index in [9.17, 15) is 9.65 Å². The maximum absolute atomic E-state index is 14.5. The van der Waals surface area contributed by atoms with E-state index in [0.29, 0.717) is 27.4 Å². The minimum atomic E-state index is -0.248. The Morgan fingerprint density at radius 3 is 2.54 bits per heavy atom. The van der Waals surface area contributed by atoms with Gasteiger partial charge in [0, 0.05) is 23.7 Å². The first-order valence-corrected chi connectivity index (χ1v) is 8.48. The van der Waals surface area contributed by atoms with Crippen molar-refractivity contribution in [3.63, 3.8) is 0 Å². The van der Waals surface area contributed by atoms with Crippen LogP contribution in [0.1, 0.15) is 30.4 Å². The van der Waals surface area contributed by atoms with Gasteiger partial charge < -0.3 is 4.90 Å². The zero-order valence-electron chi connectivity index (χ0n) is 13.3. The van der Waals surface area contributed by atoms with Gasteiger partial charge in [-0.2, -0.15) is 5.26 Å². The van der Waals surface area contributed by atoms with E-state index < -0.39 is 0 Å². The Hall–Kier alpha value is -2.31. The molecule has 1 aliphatic rings. The second-order valence-corrected chi connectivity index (χ2v) is 6.32. The van der Waals surface area contributed by atoms with Crippen LogP contribution in [0, 0.1) is 17.1 Å². The molecule has 0 aromatic heterocycles. The van der Waals surface area contributed by atoms with E-state index in [1.54, 1.807) is 24.3 Å². The summed E-state index contributed by atoms with van der Waals surface area (Å²) in [5, 5.41) is 9.92. The van der Waals surface area contributed by atoms with Crippen molar-refractivity contribution < 1.29 is 4.39 Å². The topological polar surface area (TPSA) is 27.0 Å². The SMILES string of the molecule is N#CC(=Cc1ccc(N2CCCCC2)c(F)c1)c1ccccc1Cl. The highest BCUT2D eigenvalue weighted by molar-refractivity contribution is 6.32. The lowest BCUT2D eigenvalue weighted by Gasteiger charge is -2.29. The molecule has 0 atom stereocenters. The second kappa shape index (κ2) is 7.51. The molecule has 1 saturated heterocycles. The van der Waals surface area contributed by atoms with Crippen LogP contribution in [0.25, 0.3) is 11.6 Å². The van der Waals surface area contributed by atoms with Crippen molar-refractivity contribution in [1.29, 1.82) is 5.26 Å². The van der Waals surface area contributed by atoms with E-state index in [0.717, 1.165) is 25.9 Å². The van der Waals surface area contributed by atoms with E-state index >= 15 is 0 Å². The molecule has 3 rings (SSSR count). The Morgan fingerprint density at radius 2 is 1.88 bits per heavy atom. The quantitative estimate of drug-likeness (QED) is 0.542. The zero-order valence-corrected chi connectivity index (χ0v) is 14.1. The fourth-order valence-electron chi connectivity index (χ4n) is 3.02. The predicted octanol–water partition coefficient (Wildman–Crippen LogP) is 5.53. The number of rotatable bonds is 3. The first kappa shape index (κ1) is 16.5. The van der Waals surface area contributed by atoms with Gasteiger partial charge in [0.15, 0.2) is 0 Å². The summed E-state index contributed by atoms with van der Waals surface area (Å²) in [5.74, 6) is -0.248. The Kier molecular flexibility index (Phi) is 5.17. The van der Waals surface area contributed by atoms with Gasteiger partial charge in [-0.15, -0.1) is 0 Å². The molecule has 0 N–H and O–H groups in total. The number of benzene rings is 2. The van der Waals surface area contributed by atoms with Crippen LogP contribution in [0.2, 0.25) is 5.02 Å². The Labute approximate surface area is 146 Å². The summed E-state index contributed by atoms with van der Waals surface area (Å²) < 4.78 is 14.5.